The van der Waals surface area contributed by atoms with Gasteiger partial charge in [0.25, 0.3) is 0 Å². The van der Waals surface area contributed by atoms with Gasteiger partial charge in [0.05, 0.1) is 12.0 Å². The molecule has 0 saturated carbocycles. The fourth-order valence-corrected chi connectivity index (χ4v) is 8.44. The third-order valence-corrected chi connectivity index (χ3v) is 11.2. The van der Waals surface area contributed by atoms with Crippen LogP contribution >= 0.6 is 11.6 Å². The van der Waals surface area contributed by atoms with Gasteiger partial charge < -0.3 is 25.0 Å². The molecular formula is C42H49ClN4O7. The molecule has 1 spiro atoms. The minimum atomic E-state index is -1.06. The molecule has 3 atom stereocenters. The molecule has 4 amide bonds. The Morgan fingerprint density at radius 2 is 1.57 bits per heavy atom. The summed E-state index contributed by atoms with van der Waals surface area (Å²) in [5.74, 6) is -2.15. The molecule has 0 radical (unpaired) electrons. The number of halogens is 1. The lowest BCUT2D eigenvalue weighted by Gasteiger charge is -2.46. The van der Waals surface area contributed by atoms with Gasteiger partial charge in [0.2, 0.25) is 17.7 Å². The number of hydrogen-bond acceptors (Lipinski definition) is 6. The zero-order valence-electron chi connectivity index (χ0n) is 31.1. The average Bonchev–Trinajstić information content (AvgIpc) is 3.26. The van der Waals surface area contributed by atoms with E-state index in [9.17, 15) is 29.1 Å². The van der Waals surface area contributed by atoms with Crippen LogP contribution in [-0.2, 0) is 43.3 Å². The van der Waals surface area contributed by atoms with Crippen molar-refractivity contribution >= 4 is 41.4 Å². The van der Waals surface area contributed by atoms with Crippen LogP contribution in [0.1, 0.15) is 74.6 Å². The van der Waals surface area contributed by atoms with Gasteiger partial charge in [-0.1, -0.05) is 78.3 Å². The Hall–Kier alpha value is -4.90. The Balaban J connectivity index is 1.27. The van der Waals surface area contributed by atoms with E-state index >= 15 is 0 Å². The Labute approximate surface area is 321 Å². The summed E-state index contributed by atoms with van der Waals surface area (Å²) in [6, 6.07) is 22.7. The van der Waals surface area contributed by atoms with E-state index in [1.54, 1.807) is 37.8 Å². The van der Waals surface area contributed by atoms with E-state index in [-0.39, 0.29) is 56.8 Å². The molecule has 3 aliphatic rings. The Kier molecular flexibility index (Phi) is 11.7. The number of carbonyl (C=O) groups is 5. The first-order chi connectivity index (χ1) is 25.7. The van der Waals surface area contributed by atoms with Crippen LogP contribution in [0.4, 0.5) is 4.79 Å². The van der Waals surface area contributed by atoms with Crippen LogP contribution < -0.4 is 5.32 Å². The lowest BCUT2D eigenvalue weighted by molar-refractivity contribution is -0.154. The molecule has 0 bridgehead atoms. The van der Waals surface area contributed by atoms with Crippen molar-refractivity contribution in [3.8, 4) is 0 Å². The first kappa shape index (κ1) is 38.8. The van der Waals surface area contributed by atoms with Crippen LogP contribution in [0.15, 0.2) is 78.9 Å². The minimum absolute atomic E-state index is 0.139. The number of carboxylic acid groups (broad SMARTS) is 1. The summed E-state index contributed by atoms with van der Waals surface area (Å²) in [5, 5.41) is 13.2. The van der Waals surface area contributed by atoms with Gasteiger partial charge >= 0.3 is 12.1 Å². The molecule has 3 aromatic rings. The number of nitrogens with zero attached hydrogens (tertiary/aromatic N) is 3. The number of rotatable bonds is 8. The highest BCUT2D eigenvalue weighted by molar-refractivity contribution is 6.30. The smallest absolute Gasteiger partial charge is 0.411 e. The molecule has 3 heterocycles. The number of likely N-dealkylation sites (tertiary alicyclic amines) is 2. The van der Waals surface area contributed by atoms with Crippen molar-refractivity contribution in [2.24, 2.45) is 5.41 Å². The SMILES string of the molecule is CC(C)(C)OC(=O)N1Cc2ccccc2CC1C(=O)NC(Cc1ccc(Cl)cc1)C(=O)N1CCC2(CC1)C(=O)N(CC(=O)O)CCCC2c1ccccc1. The molecule has 3 aromatic carbocycles. The first-order valence-electron chi connectivity index (χ1n) is 18.7. The lowest BCUT2D eigenvalue weighted by atomic mass is 9.64. The number of nitrogens with one attached hydrogen (secondary N) is 1. The van der Waals surface area contributed by atoms with Gasteiger partial charge in [0.15, 0.2) is 0 Å². The highest BCUT2D eigenvalue weighted by atomic mass is 35.5. The number of amides is 4. The van der Waals surface area contributed by atoms with Crippen molar-refractivity contribution in [3.05, 3.63) is 106 Å². The zero-order valence-corrected chi connectivity index (χ0v) is 31.9. The Morgan fingerprint density at radius 3 is 2.22 bits per heavy atom. The normalized spacial score (nSPS) is 20.4. The van der Waals surface area contributed by atoms with Gasteiger partial charge in [-0.25, -0.2) is 4.79 Å². The highest BCUT2D eigenvalue weighted by Gasteiger charge is 2.52. The van der Waals surface area contributed by atoms with E-state index < -0.39 is 41.1 Å². The third kappa shape index (κ3) is 8.73. The Morgan fingerprint density at radius 1 is 0.926 bits per heavy atom. The molecule has 2 saturated heterocycles. The molecule has 54 heavy (non-hydrogen) atoms. The summed E-state index contributed by atoms with van der Waals surface area (Å²) >= 11 is 6.18. The second kappa shape index (κ2) is 16.2. The van der Waals surface area contributed by atoms with Gasteiger partial charge in [0.1, 0.15) is 24.2 Å². The number of aliphatic carboxylic acids is 1. The Bertz CT molecular complexity index is 1850. The number of ether oxygens (including phenoxy) is 1. The number of piperidine rings is 1. The second-order valence-corrected chi connectivity index (χ2v) is 16.1. The number of carboxylic acids is 1. The topological polar surface area (TPSA) is 137 Å². The van der Waals surface area contributed by atoms with Gasteiger partial charge in [-0.05, 0) is 86.8 Å². The average molecular weight is 757 g/mol. The van der Waals surface area contributed by atoms with Gasteiger partial charge in [0, 0.05) is 37.5 Å². The number of benzene rings is 3. The molecule has 11 nitrogen and oxygen atoms in total. The molecular weight excluding hydrogens is 708 g/mol. The van der Waals surface area contributed by atoms with E-state index in [1.807, 2.05) is 66.7 Å². The number of fused-ring (bicyclic) bond motifs is 1. The molecule has 2 N–H and O–H groups in total. The molecule has 2 fully saturated rings. The van der Waals surface area contributed by atoms with Crippen molar-refractivity contribution < 1.29 is 33.8 Å². The van der Waals surface area contributed by atoms with E-state index in [1.165, 1.54) is 9.80 Å². The molecule has 0 aliphatic carbocycles. The molecule has 3 aliphatic heterocycles. The van der Waals surface area contributed by atoms with E-state index in [2.05, 4.69) is 5.32 Å². The van der Waals surface area contributed by atoms with Crippen molar-refractivity contribution in [3.63, 3.8) is 0 Å². The summed E-state index contributed by atoms with van der Waals surface area (Å²) in [7, 11) is 0. The van der Waals surface area contributed by atoms with Gasteiger partial charge in [-0.2, -0.15) is 0 Å². The number of hydrogen-bond donors (Lipinski definition) is 2. The van der Waals surface area contributed by atoms with Gasteiger partial charge in [-0.3, -0.25) is 24.1 Å². The van der Waals surface area contributed by atoms with Gasteiger partial charge in [-0.15, -0.1) is 0 Å². The van der Waals surface area contributed by atoms with Crippen molar-refractivity contribution in [2.75, 3.05) is 26.2 Å². The summed E-state index contributed by atoms with van der Waals surface area (Å²) in [6.07, 6.45) is 1.90. The maximum Gasteiger partial charge on any atom is 0.411 e. The third-order valence-electron chi connectivity index (χ3n) is 10.9. The largest absolute Gasteiger partial charge is 0.480 e. The number of carbonyl (C=O) groups excluding carboxylic acids is 4. The monoisotopic (exact) mass is 756 g/mol. The predicted molar refractivity (Wildman–Crippen MR) is 204 cm³/mol. The molecule has 12 heteroatoms. The van der Waals surface area contributed by atoms with Crippen LogP contribution in [0, 0.1) is 5.41 Å². The van der Waals surface area contributed by atoms with Crippen LogP contribution in [0.3, 0.4) is 0 Å². The summed E-state index contributed by atoms with van der Waals surface area (Å²) in [4.78, 5) is 73.2. The van der Waals surface area contributed by atoms with Crippen LogP contribution in [0.25, 0.3) is 0 Å². The second-order valence-electron chi connectivity index (χ2n) is 15.7. The van der Waals surface area contributed by atoms with Crippen molar-refractivity contribution in [1.29, 1.82) is 0 Å². The summed E-state index contributed by atoms with van der Waals surface area (Å²) in [6.45, 7) is 6.00. The van der Waals surface area contributed by atoms with Crippen LogP contribution in [-0.4, -0.2) is 93.5 Å². The van der Waals surface area contributed by atoms with E-state index in [0.717, 1.165) is 22.3 Å². The fraction of sp³-hybridized carbons (Fsp3) is 0.452. The quantitative estimate of drug-likeness (QED) is 0.295. The molecule has 6 rings (SSSR count). The molecule has 3 unspecified atom stereocenters. The van der Waals surface area contributed by atoms with Crippen molar-refractivity contribution in [1.82, 2.24) is 20.0 Å². The fourth-order valence-electron chi connectivity index (χ4n) is 8.32. The lowest BCUT2D eigenvalue weighted by Crippen LogP contribution is -2.59. The van der Waals surface area contributed by atoms with E-state index in [4.69, 9.17) is 16.3 Å². The summed E-state index contributed by atoms with van der Waals surface area (Å²) in [5.41, 5.74) is 2.01. The van der Waals surface area contributed by atoms with Crippen molar-refractivity contribution in [2.45, 2.75) is 89.4 Å². The van der Waals surface area contributed by atoms with Crippen LogP contribution in [0.5, 0.6) is 0 Å². The maximum absolute atomic E-state index is 14.6. The van der Waals surface area contributed by atoms with E-state index in [0.29, 0.717) is 37.3 Å². The standard InChI is InChI=1S/C42H49ClN4O7/c1-41(2,3)54-40(53)47-26-31-13-8-7-12-30(31)25-35(47)37(50)44-34(24-28-15-17-32(43)18-16-28)38(51)45-22-19-42(20-23-45)33(29-10-5-4-6-11-29)14-9-21-46(39(42)52)27-36(48)49/h4-8,10-13,15-18,33-35H,9,14,19-27H2,1-3H3,(H,44,50)(H,48,49). The maximum atomic E-state index is 14.6. The van der Waals surface area contributed by atoms with Crippen LogP contribution in [0.2, 0.25) is 5.02 Å². The zero-order chi connectivity index (χ0) is 38.6. The highest BCUT2D eigenvalue weighted by Crippen LogP contribution is 2.50. The predicted octanol–water partition coefficient (Wildman–Crippen LogP) is 5.83. The summed E-state index contributed by atoms with van der Waals surface area (Å²) < 4.78 is 5.72. The molecule has 286 valence electrons. The minimum Gasteiger partial charge on any atom is -0.480 e. The first-order valence-corrected chi connectivity index (χ1v) is 19.1. The molecule has 0 aromatic heterocycles.